The van der Waals surface area contributed by atoms with E-state index in [1.807, 2.05) is 6.92 Å². The van der Waals surface area contributed by atoms with Crippen LogP contribution in [0.2, 0.25) is 0 Å². The molecule has 0 spiro atoms. The predicted octanol–water partition coefficient (Wildman–Crippen LogP) is 3.03. The monoisotopic (exact) mass is 524 g/mol. The van der Waals surface area contributed by atoms with E-state index in [2.05, 4.69) is 5.32 Å². The number of imide groups is 1. The molecule has 10 nitrogen and oxygen atoms in total. The SMILES string of the molecule is CCC[C@]1(C(=O)OCC)N[C@H](c2ccc(OC)cc2OC)[C@H]2C(=O)N(c3ccc4c(c3)OCCO4)C(=O)[C@@H]21. The first-order valence-electron chi connectivity index (χ1n) is 12.8. The second-order valence-corrected chi connectivity index (χ2v) is 9.52. The Balaban J connectivity index is 1.64. The van der Waals surface area contributed by atoms with Gasteiger partial charge < -0.3 is 23.7 Å². The maximum Gasteiger partial charge on any atom is 0.327 e. The smallest absolute Gasteiger partial charge is 0.327 e. The molecule has 4 atom stereocenters. The number of hydrogen-bond acceptors (Lipinski definition) is 9. The molecule has 0 bridgehead atoms. The molecule has 0 saturated carbocycles. The number of fused-ring (bicyclic) bond motifs is 2. The first-order valence-corrected chi connectivity index (χ1v) is 12.8. The van der Waals surface area contributed by atoms with Crippen LogP contribution >= 0.6 is 0 Å². The number of nitrogens with zero attached hydrogens (tertiary/aromatic N) is 1. The largest absolute Gasteiger partial charge is 0.497 e. The molecular weight excluding hydrogens is 492 g/mol. The molecule has 202 valence electrons. The number of benzene rings is 2. The van der Waals surface area contributed by atoms with E-state index in [9.17, 15) is 14.4 Å². The molecule has 2 aromatic rings. The van der Waals surface area contributed by atoms with E-state index >= 15 is 0 Å². The number of anilines is 1. The van der Waals surface area contributed by atoms with Gasteiger partial charge in [0.25, 0.3) is 0 Å². The third-order valence-electron chi connectivity index (χ3n) is 7.50. The lowest BCUT2D eigenvalue weighted by Gasteiger charge is -2.33. The highest BCUT2D eigenvalue weighted by Crippen LogP contribution is 2.53. The second-order valence-electron chi connectivity index (χ2n) is 9.52. The highest BCUT2D eigenvalue weighted by atomic mass is 16.6. The number of nitrogens with one attached hydrogen (secondary N) is 1. The Morgan fingerprint density at radius 1 is 1.03 bits per heavy atom. The Labute approximate surface area is 221 Å². The van der Waals surface area contributed by atoms with Gasteiger partial charge in [-0.25, -0.2) is 4.90 Å². The molecule has 2 amide bonds. The van der Waals surface area contributed by atoms with Crippen molar-refractivity contribution in [2.75, 3.05) is 38.9 Å². The Morgan fingerprint density at radius 3 is 2.47 bits per heavy atom. The lowest BCUT2D eigenvalue weighted by Crippen LogP contribution is -2.56. The van der Waals surface area contributed by atoms with Crippen LogP contribution in [0.25, 0.3) is 0 Å². The summed E-state index contributed by atoms with van der Waals surface area (Å²) in [5.41, 5.74) is -0.371. The van der Waals surface area contributed by atoms with Gasteiger partial charge in [0, 0.05) is 23.7 Å². The van der Waals surface area contributed by atoms with E-state index in [-0.39, 0.29) is 6.61 Å². The Hall–Kier alpha value is -3.79. The van der Waals surface area contributed by atoms with Crippen LogP contribution < -0.4 is 29.2 Å². The van der Waals surface area contributed by atoms with E-state index in [4.69, 9.17) is 23.7 Å². The maximum absolute atomic E-state index is 14.1. The van der Waals surface area contributed by atoms with Gasteiger partial charge in [0.1, 0.15) is 30.3 Å². The number of amides is 2. The van der Waals surface area contributed by atoms with Crippen LogP contribution in [-0.4, -0.2) is 57.4 Å². The minimum absolute atomic E-state index is 0.147. The molecular formula is C28H32N2O8. The van der Waals surface area contributed by atoms with Gasteiger partial charge in [0.2, 0.25) is 11.8 Å². The highest BCUT2D eigenvalue weighted by molar-refractivity contribution is 6.24. The molecule has 2 saturated heterocycles. The third kappa shape index (κ3) is 3.94. The van der Waals surface area contributed by atoms with E-state index in [0.29, 0.717) is 60.3 Å². The Bertz CT molecular complexity index is 1260. The minimum Gasteiger partial charge on any atom is -0.497 e. The van der Waals surface area contributed by atoms with Gasteiger partial charge in [-0.2, -0.15) is 0 Å². The zero-order chi connectivity index (χ0) is 27.0. The summed E-state index contributed by atoms with van der Waals surface area (Å²) in [6.07, 6.45) is 0.906. The quantitative estimate of drug-likeness (QED) is 0.411. The average Bonchev–Trinajstić information content (AvgIpc) is 3.41. The number of carbonyl (C=O) groups is 3. The molecule has 10 heteroatoms. The number of rotatable bonds is 8. The van der Waals surface area contributed by atoms with Crippen molar-refractivity contribution in [2.45, 2.75) is 38.3 Å². The van der Waals surface area contributed by atoms with Crippen LogP contribution in [0, 0.1) is 11.8 Å². The van der Waals surface area contributed by atoms with Crippen LogP contribution in [0.4, 0.5) is 5.69 Å². The number of hydrogen-bond donors (Lipinski definition) is 1. The topological polar surface area (TPSA) is 113 Å². The van der Waals surface area contributed by atoms with Gasteiger partial charge in [-0.3, -0.25) is 19.7 Å². The van der Waals surface area contributed by atoms with E-state index in [1.165, 1.54) is 12.0 Å². The molecule has 0 aliphatic carbocycles. The van der Waals surface area contributed by atoms with Crippen molar-refractivity contribution in [3.63, 3.8) is 0 Å². The summed E-state index contributed by atoms with van der Waals surface area (Å²) in [5.74, 6) is -1.18. The molecule has 0 aromatic heterocycles. The number of ether oxygens (including phenoxy) is 5. The Morgan fingerprint density at radius 2 is 1.79 bits per heavy atom. The summed E-state index contributed by atoms with van der Waals surface area (Å²) in [4.78, 5) is 43.0. The summed E-state index contributed by atoms with van der Waals surface area (Å²) < 4.78 is 27.8. The predicted molar refractivity (Wildman–Crippen MR) is 137 cm³/mol. The molecule has 38 heavy (non-hydrogen) atoms. The number of esters is 1. The van der Waals surface area contributed by atoms with Gasteiger partial charge in [-0.05, 0) is 31.5 Å². The van der Waals surface area contributed by atoms with Gasteiger partial charge >= 0.3 is 5.97 Å². The van der Waals surface area contributed by atoms with E-state index in [1.54, 1.807) is 50.4 Å². The zero-order valence-electron chi connectivity index (χ0n) is 21.9. The molecule has 0 radical (unpaired) electrons. The molecule has 5 rings (SSSR count). The van der Waals surface area contributed by atoms with Crippen molar-refractivity contribution in [2.24, 2.45) is 11.8 Å². The summed E-state index contributed by atoms with van der Waals surface area (Å²) in [7, 11) is 3.08. The third-order valence-corrected chi connectivity index (χ3v) is 7.50. The normalized spacial score (nSPS) is 25.8. The second kappa shape index (κ2) is 10.2. The van der Waals surface area contributed by atoms with Crippen molar-refractivity contribution in [1.29, 1.82) is 0 Å². The number of methoxy groups -OCH3 is 2. The molecule has 3 aliphatic rings. The minimum atomic E-state index is -1.39. The van der Waals surface area contributed by atoms with Crippen molar-refractivity contribution < 1.29 is 38.1 Å². The standard InChI is InChI=1S/C28H32N2O8/c1-5-11-28(27(33)36-6-2)23-22(24(29-28)18-9-8-17(34-3)15-20(18)35-4)25(31)30(26(23)32)16-7-10-19-21(14-16)38-13-12-37-19/h7-10,14-15,22-24,29H,5-6,11-13H2,1-4H3/t22-,23+,24+,28-/m0/s1. The van der Waals surface area contributed by atoms with E-state index < -0.39 is 41.2 Å². The van der Waals surface area contributed by atoms with Crippen molar-refractivity contribution in [1.82, 2.24) is 5.32 Å². The van der Waals surface area contributed by atoms with Gasteiger partial charge in [-0.1, -0.05) is 19.4 Å². The first-order chi connectivity index (χ1) is 18.4. The summed E-state index contributed by atoms with van der Waals surface area (Å²) in [5, 5.41) is 3.39. The molecule has 3 aliphatic heterocycles. The van der Waals surface area contributed by atoms with Crippen molar-refractivity contribution in [3.05, 3.63) is 42.0 Å². The maximum atomic E-state index is 14.1. The summed E-state index contributed by atoms with van der Waals surface area (Å²) in [6, 6.07) is 9.57. The zero-order valence-corrected chi connectivity index (χ0v) is 21.9. The van der Waals surface area contributed by atoms with Crippen LogP contribution in [0.1, 0.15) is 38.3 Å². The van der Waals surface area contributed by atoms with Crippen molar-refractivity contribution >= 4 is 23.5 Å². The van der Waals surface area contributed by atoms with Gasteiger partial charge in [-0.15, -0.1) is 0 Å². The van der Waals surface area contributed by atoms with Crippen LogP contribution in [0.15, 0.2) is 36.4 Å². The van der Waals surface area contributed by atoms with E-state index in [0.717, 1.165) is 0 Å². The highest BCUT2D eigenvalue weighted by Gasteiger charge is 2.69. The molecule has 3 heterocycles. The molecule has 2 fully saturated rings. The lowest BCUT2D eigenvalue weighted by atomic mass is 9.77. The fourth-order valence-corrected chi connectivity index (χ4v) is 5.94. The van der Waals surface area contributed by atoms with Gasteiger partial charge in [0.05, 0.1) is 38.3 Å². The van der Waals surface area contributed by atoms with Crippen molar-refractivity contribution in [3.8, 4) is 23.0 Å². The Kier molecular flexibility index (Phi) is 6.92. The van der Waals surface area contributed by atoms with Gasteiger partial charge in [0.15, 0.2) is 11.5 Å². The summed E-state index contributed by atoms with van der Waals surface area (Å²) in [6.45, 7) is 4.59. The lowest BCUT2D eigenvalue weighted by molar-refractivity contribution is -0.155. The number of carbonyl (C=O) groups excluding carboxylic acids is 3. The molecule has 0 unspecified atom stereocenters. The average molecular weight is 525 g/mol. The van der Waals surface area contributed by atoms with Crippen LogP contribution in [0.3, 0.4) is 0 Å². The fraction of sp³-hybridized carbons (Fsp3) is 0.464. The van der Waals surface area contributed by atoms with Crippen LogP contribution in [-0.2, 0) is 19.1 Å². The fourth-order valence-electron chi connectivity index (χ4n) is 5.94. The first kappa shape index (κ1) is 25.8. The molecule has 1 N–H and O–H groups in total. The molecule has 2 aromatic carbocycles. The van der Waals surface area contributed by atoms with Crippen LogP contribution in [0.5, 0.6) is 23.0 Å². The summed E-state index contributed by atoms with van der Waals surface area (Å²) >= 11 is 0.